The number of halogens is 6. The smallest absolute Gasteiger partial charge is 0.167 e. The standard InChI is InChI=1S/C25H18ClF5/c1-3-5-6-13-7-8-16(20(26)21(13)27)17-11-15-10-14-9-12(4-2)22(28)24(30)18(14)19(15)25(31)23(17)29/h3,7-9,11H,1,4-6,10H2,2H3. The van der Waals surface area contributed by atoms with Crippen molar-refractivity contribution in [3.8, 4) is 22.3 Å². The summed E-state index contributed by atoms with van der Waals surface area (Å²) in [5.74, 6) is -5.54. The molecular weight excluding hydrogens is 431 g/mol. The average Bonchev–Trinajstić information content (AvgIpc) is 3.13. The molecular formula is C25H18ClF5. The second-order valence-electron chi connectivity index (χ2n) is 7.54. The van der Waals surface area contributed by atoms with Crippen LogP contribution in [-0.4, -0.2) is 0 Å². The highest BCUT2D eigenvalue weighted by atomic mass is 35.5. The number of rotatable bonds is 5. The summed E-state index contributed by atoms with van der Waals surface area (Å²) in [6.45, 7) is 5.27. The molecule has 0 atom stereocenters. The summed E-state index contributed by atoms with van der Waals surface area (Å²) >= 11 is 6.16. The van der Waals surface area contributed by atoms with Crippen molar-refractivity contribution in [2.75, 3.05) is 0 Å². The third-order valence-corrected chi connectivity index (χ3v) is 6.10. The Morgan fingerprint density at radius 1 is 0.839 bits per heavy atom. The first-order chi connectivity index (χ1) is 14.8. The van der Waals surface area contributed by atoms with Crippen molar-refractivity contribution in [1.82, 2.24) is 0 Å². The summed E-state index contributed by atoms with van der Waals surface area (Å²) in [4.78, 5) is 0. The Labute approximate surface area is 182 Å². The predicted octanol–water partition coefficient (Wildman–Crippen LogP) is 7.95. The topological polar surface area (TPSA) is 0 Å². The van der Waals surface area contributed by atoms with Crippen molar-refractivity contribution in [2.24, 2.45) is 0 Å². The van der Waals surface area contributed by atoms with E-state index in [4.69, 9.17) is 11.6 Å². The molecule has 0 radical (unpaired) electrons. The van der Waals surface area contributed by atoms with Gasteiger partial charge in [-0.05, 0) is 54.0 Å². The average molecular weight is 449 g/mol. The van der Waals surface area contributed by atoms with Gasteiger partial charge in [0.05, 0.1) is 5.02 Å². The van der Waals surface area contributed by atoms with Crippen molar-refractivity contribution >= 4 is 11.6 Å². The Hall–Kier alpha value is -2.66. The van der Waals surface area contributed by atoms with Crippen molar-refractivity contribution < 1.29 is 22.0 Å². The van der Waals surface area contributed by atoms with Crippen LogP contribution in [-0.2, 0) is 19.3 Å². The summed E-state index contributed by atoms with van der Waals surface area (Å²) < 4.78 is 73.8. The number of hydrogen-bond donors (Lipinski definition) is 0. The zero-order chi connectivity index (χ0) is 22.4. The minimum atomic E-state index is -1.30. The van der Waals surface area contributed by atoms with Crippen molar-refractivity contribution in [1.29, 1.82) is 0 Å². The summed E-state index contributed by atoms with van der Waals surface area (Å²) in [6.07, 6.45) is 2.92. The first kappa shape index (κ1) is 21.6. The van der Waals surface area contributed by atoms with E-state index in [-0.39, 0.29) is 45.7 Å². The zero-order valence-corrected chi connectivity index (χ0v) is 17.4. The Morgan fingerprint density at radius 3 is 2.13 bits per heavy atom. The van der Waals surface area contributed by atoms with E-state index < -0.39 is 29.1 Å². The summed E-state index contributed by atoms with van der Waals surface area (Å²) in [5.41, 5.74) is 0.413. The third-order valence-electron chi connectivity index (χ3n) is 5.73. The maximum absolute atomic E-state index is 15.1. The largest absolute Gasteiger partial charge is 0.205 e. The fourth-order valence-electron chi connectivity index (χ4n) is 4.14. The van der Waals surface area contributed by atoms with Gasteiger partial charge in [-0.3, -0.25) is 0 Å². The third kappa shape index (κ3) is 3.35. The van der Waals surface area contributed by atoms with Gasteiger partial charge in [0.1, 0.15) is 5.82 Å². The van der Waals surface area contributed by atoms with Crippen LogP contribution in [0.3, 0.4) is 0 Å². The number of allylic oxidation sites excluding steroid dienone is 1. The summed E-state index contributed by atoms with van der Waals surface area (Å²) in [6, 6.07) is 5.72. The molecule has 0 amide bonds. The van der Waals surface area contributed by atoms with Crippen LogP contribution in [0.15, 0.2) is 36.9 Å². The molecule has 31 heavy (non-hydrogen) atoms. The van der Waals surface area contributed by atoms with E-state index in [0.29, 0.717) is 29.5 Å². The number of benzene rings is 3. The lowest BCUT2D eigenvalue weighted by Crippen LogP contribution is -2.00. The van der Waals surface area contributed by atoms with E-state index in [0.717, 1.165) is 0 Å². The van der Waals surface area contributed by atoms with Gasteiger partial charge in [0.15, 0.2) is 23.3 Å². The molecule has 3 aromatic rings. The Bertz CT molecular complexity index is 1230. The highest BCUT2D eigenvalue weighted by molar-refractivity contribution is 6.33. The molecule has 3 aromatic carbocycles. The van der Waals surface area contributed by atoms with Crippen molar-refractivity contribution in [3.05, 3.63) is 93.3 Å². The summed E-state index contributed by atoms with van der Waals surface area (Å²) in [7, 11) is 0. The lowest BCUT2D eigenvalue weighted by molar-refractivity contribution is 0.497. The Morgan fingerprint density at radius 2 is 1.48 bits per heavy atom. The van der Waals surface area contributed by atoms with Crippen LogP contribution in [0.4, 0.5) is 22.0 Å². The van der Waals surface area contributed by atoms with E-state index in [2.05, 4.69) is 6.58 Å². The minimum absolute atomic E-state index is 0.00224. The molecule has 0 spiro atoms. The molecule has 0 nitrogen and oxygen atoms in total. The first-order valence-electron chi connectivity index (χ1n) is 9.89. The van der Waals surface area contributed by atoms with Gasteiger partial charge in [0.25, 0.3) is 0 Å². The second-order valence-corrected chi connectivity index (χ2v) is 7.92. The first-order valence-corrected chi connectivity index (χ1v) is 10.3. The van der Waals surface area contributed by atoms with Crippen LogP contribution in [0.2, 0.25) is 5.02 Å². The van der Waals surface area contributed by atoms with E-state index in [1.165, 1.54) is 24.3 Å². The fraction of sp³-hybridized carbons (Fsp3) is 0.200. The molecule has 6 heteroatoms. The van der Waals surface area contributed by atoms with E-state index >= 15 is 8.78 Å². The number of fused-ring (bicyclic) bond motifs is 3. The zero-order valence-electron chi connectivity index (χ0n) is 16.7. The van der Waals surface area contributed by atoms with Crippen LogP contribution in [0, 0.1) is 29.1 Å². The lowest BCUT2D eigenvalue weighted by atomic mass is 9.95. The van der Waals surface area contributed by atoms with Gasteiger partial charge in [-0.2, -0.15) is 0 Å². The molecule has 1 aliphatic rings. The molecule has 0 saturated carbocycles. The monoisotopic (exact) mass is 448 g/mol. The Balaban J connectivity index is 1.88. The van der Waals surface area contributed by atoms with E-state index in [1.807, 2.05) is 0 Å². The van der Waals surface area contributed by atoms with Crippen molar-refractivity contribution in [3.63, 3.8) is 0 Å². The molecule has 0 aliphatic heterocycles. The molecule has 0 bridgehead atoms. The predicted molar refractivity (Wildman–Crippen MR) is 113 cm³/mol. The van der Waals surface area contributed by atoms with E-state index in [9.17, 15) is 13.2 Å². The van der Waals surface area contributed by atoms with Crippen LogP contribution >= 0.6 is 11.6 Å². The molecule has 1 aliphatic carbocycles. The van der Waals surface area contributed by atoms with Crippen molar-refractivity contribution in [2.45, 2.75) is 32.6 Å². The van der Waals surface area contributed by atoms with Gasteiger partial charge in [-0.15, -0.1) is 6.58 Å². The number of aryl methyl sites for hydroxylation is 2. The molecule has 4 rings (SSSR count). The molecule has 0 unspecified atom stereocenters. The van der Waals surface area contributed by atoms with Gasteiger partial charge >= 0.3 is 0 Å². The summed E-state index contributed by atoms with van der Waals surface area (Å²) in [5, 5.41) is -0.319. The van der Waals surface area contributed by atoms with Gasteiger partial charge in [-0.25, -0.2) is 22.0 Å². The maximum Gasteiger partial charge on any atom is 0.167 e. The molecule has 0 saturated heterocycles. The lowest BCUT2D eigenvalue weighted by Gasteiger charge is -2.13. The molecule has 0 fully saturated rings. The van der Waals surface area contributed by atoms with Crippen LogP contribution in [0.5, 0.6) is 0 Å². The van der Waals surface area contributed by atoms with Crippen LogP contribution < -0.4 is 0 Å². The van der Waals surface area contributed by atoms with Gasteiger partial charge in [0, 0.05) is 22.3 Å². The molecule has 0 heterocycles. The SMILES string of the molecule is C=CCCc1ccc(-c2cc3c(c(F)c2F)-c2c(cc(CC)c(F)c2F)C3)c(Cl)c1F. The van der Waals surface area contributed by atoms with Gasteiger partial charge in [-0.1, -0.05) is 42.8 Å². The second kappa shape index (κ2) is 8.12. The highest BCUT2D eigenvalue weighted by Gasteiger charge is 2.32. The minimum Gasteiger partial charge on any atom is -0.205 e. The van der Waals surface area contributed by atoms with Gasteiger partial charge in [0.2, 0.25) is 0 Å². The highest BCUT2D eigenvalue weighted by Crippen LogP contribution is 2.45. The van der Waals surface area contributed by atoms with Crippen LogP contribution in [0.25, 0.3) is 22.3 Å². The fourth-order valence-corrected chi connectivity index (χ4v) is 4.43. The Kier molecular flexibility index (Phi) is 5.65. The van der Waals surface area contributed by atoms with E-state index in [1.54, 1.807) is 13.0 Å². The van der Waals surface area contributed by atoms with Gasteiger partial charge < -0.3 is 0 Å². The number of hydrogen-bond acceptors (Lipinski definition) is 0. The maximum atomic E-state index is 15.1. The quantitative estimate of drug-likeness (QED) is 0.214. The molecule has 160 valence electrons. The normalized spacial score (nSPS) is 12.1. The molecule has 0 N–H and O–H groups in total. The van der Waals surface area contributed by atoms with Crippen LogP contribution in [0.1, 0.15) is 35.6 Å². The molecule has 0 aromatic heterocycles.